The molecule has 0 fully saturated rings. The van der Waals surface area contributed by atoms with Gasteiger partial charge in [-0.2, -0.15) is 0 Å². The molecule has 0 aromatic carbocycles. The molecule has 4 heteroatoms. The zero-order chi connectivity index (χ0) is 12.5. The molecule has 0 amide bonds. The van der Waals surface area contributed by atoms with Crippen molar-refractivity contribution in [3.05, 3.63) is 16.1 Å². The summed E-state index contributed by atoms with van der Waals surface area (Å²) in [5, 5.41) is 3.30. The van der Waals surface area contributed by atoms with Crippen LogP contribution in [0.1, 0.15) is 43.8 Å². The number of hydrogen-bond acceptors (Lipinski definition) is 3. The first-order chi connectivity index (χ1) is 8.30. The first kappa shape index (κ1) is 14.9. The molecule has 0 aliphatic heterocycles. The number of thiazole rings is 1. The topological polar surface area (TPSA) is 16.1 Å². The average Bonchev–Trinajstić information content (AvgIpc) is 2.77. The third-order valence-electron chi connectivity index (χ3n) is 2.68. The highest BCUT2D eigenvalue weighted by molar-refractivity contribution is 7.09. The minimum Gasteiger partial charge on any atom is -0.303 e. The summed E-state index contributed by atoms with van der Waals surface area (Å²) in [5.41, 5.74) is 1.02. The molecule has 0 radical (unpaired) electrons. The van der Waals surface area contributed by atoms with E-state index in [1.165, 1.54) is 43.9 Å². The summed E-state index contributed by atoms with van der Waals surface area (Å²) >= 11 is 7.48. The Kier molecular flexibility index (Phi) is 7.82. The molecule has 0 aliphatic rings. The van der Waals surface area contributed by atoms with Crippen LogP contribution in [0.15, 0.2) is 5.38 Å². The Morgan fingerprint density at radius 1 is 1.24 bits per heavy atom. The Morgan fingerprint density at radius 3 is 2.47 bits per heavy atom. The lowest BCUT2D eigenvalue weighted by atomic mass is 10.2. The number of nitrogens with zero attached hydrogens (tertiary/aromatic N) is 2. The fraction of sp³-hybridized carbons (Fsp3) is 0.769. The molecule has 1 aromatic rings. The summed E-state index contributed by atoms with van der Waals surface area (Å²) in [6.07, 6.45) is 4.78. The first-order valence-corrected chi connectivity index (χ1v) is 7.93. The van der Waals surface area contributed by atoms with Crippen molar-refractivity contribution in [3.8, 4) is 0 Å². The normalized spacial score (nSPS) is 11.3. The molecule has 1 aromatic heterocycles. The van der Waals surface area contributed by atoms with Crippen LogP contribution in [0.5, 0.6) is 0 Å². The molecule has 1 rings (SSSR count). The van der Waals surface area contributed by atoms with Crippen molar-refractivity contribution in [1.82, 2.24) is 9.88 Å². The van der Waals surface area contributed by atoms with Gasteiger partial charge in [0.1, 0.15) is 0 Å². The maximum Gasteiger partial charge on any atom is 0.0929 e. The van der Waals surface area contributed by atoms with E-state index in [0.717, 1.165) is 12.1 Å². The molecule has 0 saturated carbocycles. The van der Waals surface area contributed by atoms with Gasteiger partial charge in [-0.25, -0.2) is 4.98 Å². The van der Waals surface area contributed by atoms with E-state index >= 15 is 0 Å². The molecule has 0 saturated heterocycles. The highest BCUT2D eigenvalue weighted by Crippen LogP contribution is 2.13. The average molecular weight is 275 g/mol. The second kappa shape index (κ2) is 8.90. The predicted octanol–water partition coefficient (Wildman–Crippen LogP) is 3.94. The summed E-state index contributed by atoms with van der Waals surface area (Å²) in [7, 11) is 0. The Morgan fingerprint density at radius 2 is 1.94 bits per heavy atom. The highest BCUT2D eigenvalue weighted by Gasteiger charge is 2.04. The van der Waals surface area contributed by atoms with E-state index in [1.54, 1.807) is 11.3 Å². The molecule has 0 atom stereocenters. The van der Waals surface area contributed by atoms with Gasteiger partial charge in [-0.05, 0) is 38.9 Å². The van der Waals surface area contributed by atoms with Crippen LogP contribution >= 0.6 is 22.9 Å². The Bertz CT molecular complexity index is 295. The fourth-order valence-corrected chi connectivity index (χ4v) is 3.02. The van der Waals surface area contributed by atoms with Gasteiger partial charge in [-0.15, -0.1) is 22.9 Å². The van der Waals surface area contributed by atoms with Gasteiger partial charge in [-0.1, -0.05) is 13.8 Å². The molecular weight excluding hydrogens is 252 g/mol. The summed E-state index contributed by atoms with van der Waals surface area (Å²) in [5.74, 6) is 0.536. The van der Waals surface area contributed by atoms with Crippen molar-refractivity contribution >= 4 is 22.9 Å². The number of aromatic nitrogens is 1. The smallest absolute Gasteiger partial charge is 0.0929 e. The van der Waals surface area contributed by atoms with Crippen LogP contribution in [-0.4, -0.2) is 29.5 Å². The van der Waals surface area contributed by atoms with Crippen LogP contribution in [0.25, 0.3) is 0 Å². The molecule has 0 spiro atoms. The van der Waals surface area contributed by atoms with E-state index in [1.807, 2.05) is 0 Å². The molecule has 0 bridgehead atoms. The molecular formula is C13H23ClN2S. The molecule has 17 heavy (non-hydrogen) atoms. The van der Waals surface area contributed by atoms with E-state index in [0.29, 0.717) is 5.88 Å². The van der Waals surface area contributed by atoms with Gasteiger partial charge in [-0.3, -0.25) is 0 Å². The van der Waals surface area contributed by atoms with Crippen molar-refractivity contribution < 1.29 is 0 Å². The van der Waals surface area contributed by atoms with Gasteiger partial charge < -0.3 is 4.90 Å². The highest BCUT2D eigenvalue weighted by atomic mass is 35.5. The molecule has 0 aliphatic carbocycles. The number of alkyl halides is 1. The van der Waals surface area contributed by atoms with Crippen LogP contribution in [-0.2, 0) is 12.3 Å². The zero-order valence-corrected chi connectivity index (χ0v) is 12.5. The predicted molar refractivity (Wildman–Crippen MR) is 77.0 cm³/mol. The molecule has 1 heterocycles. The fourth-order valence-electron chi connectivity index (χ4n) is 1.95. The van der Waals surface area contributed by atoms with Crippen molar-refractivity contribution in [2.45, 2.75) is 45.4 Å². The minimum atomic E-state index is 0.536. The largest absolute Gasteiger partial charge is 0.303 e. The SMILES string of the molecule is CCCN(CCC)CCCc1nc(CCl)cs1. The van der Waals surface area contributed by atoms with E-state index < -0.39 is 0 Å². The summed E-state index contributed by atoms with van der Waals surface area (Å²) in [4.78, 5) is 7.04. The molecule has 2 nitrogen and oxygen atoms in total. The molecule has 0 N–H and O–H groups in total. The van der Waals surface area contributed by atoms with Crippen LogP contribution in [0.4, 0.5) is 0 Å². The maximum absolute atomic E-state index is 5.74. The van der Waals surface area contributed by atoms with Crippen molar-refractivity contribution in [3.63, 3.8) is 0 Å². The Labute approximate surface area is 114 Å². The molecule has 0 unspecified atom stereocenters. The molecule has 98 valence electrons. The second-order valence-corrected chi connectivity index (χ2v) is 5.52. The maximum atomic E-state index is 5.74. The Balaban J connectivity index is 2.24. The van der Waals surface area contributed by atoms with Crippen LogP contribution in [0, 0.1) is 0 Å². The van der Waals surface area contributed by atoms with E-state index in [-0.39, 0.29) is 0 Å². The third-order valence-corrected chi connectivity index (χ3v) is 3.91. The summed E-state index contributed by atoms with van der Waals surface area (Å²) in [6, 6.07) is 0. The lowest BCUT2D eigenvalue weighted by Crippen LogP contribution is -2.26. The summed E-state index contributed by atoms with van der Waals surface area (Å²) in [6.45, 7) is 8.13. The van der Waals surface area contributed by atoms with Crippen molar-refractivity contribution in [1.29, 1.82) is 0 Å². The number of aryl methyl sites for hydroxylation is 1. The lowest BCUT2D eigenvalue weighted by Gasteiger charge is -2.20. The van der Waals surface area contributed by atoms with Crippen LogP contribution < -0.4 is 0 Å². The quantitative estimate of drug-likeness (QED) is 0.634. The minimum absolute atomic E-state index is 0.536. The van der Waals surface area contributed by atoms with E-state index in [2.05, 4.69) is 29.1 Å². The van der Waals surface area contributed by atoms with Gasteiger partial charge in [0, 0.05) is 11.8 Å². The van der Waals surface area contributed by atoms with Gasteiger partial charge in [0.2, 0.25) is 0 Å². The van der Waals surface area contributed by atoms with Gasteiger partial charge in [0.15, 0.2) is 0 Å². The standard InChI is InChI=1S/C13H23ClN2S/c1-3-7-16(8-4-2)9-5-6-13-15-12(10-14)11-17-13/h11H,3-10H2,1-2H3. The van der Waals surface area contributed by atoms with E-state index in [9.17, 15) is 0 Å². The zero-order valence-electron chi connectivity index (χ0n) is 10.9. The summed E-state index contributed by atoms with van der Waals surface area (Å²) < 4.78 is 0. The third kappa shape index (κ3) is 5.84. The van der Waals surface area contributed by atoms with Gasteiger partial charge >= 0.3 is 0 Å². The number of hydrogen-bond donors (Lipinski definition) is 0. The van der Waals surface area contributed by atoms with Crippen molar-refractivity contribution in [2.24, 2.45) is 0 Å². The number of rotatable bonds is 9. The van der Waals surface area contributed by atoms with Crippen LogP contribution in [0.3, 0.4) is 0 Å². The first-order valence-electron chi connectivity index (χ1n) is 6.51. The van der Waals surface area contributed by atoms with Crippen molar-refractivity contribution in [2.75, 3.05) is 19.6 Å². The van der Waals surface area contributed by atoms with E-state index in [4.69, 9.17) is 11.6 Å². The monoisotopic (exact) mass is 274 g/mol. The van der Waals surface area contributed by atoms with Gasteiger partial charge in [0.05, 0.1) is 16.6 Å². The lowest BCUT2D eigenvalue weighted by molar-refractivity contribution is 0.271. The van der Waals surface area contributed by atoms with Crippen LogP contribution in [0.2, 0.25) is 0 Å². The Hall–Kier alpha value is -0.120. The second-order valence-electron chi connectivity index (χ2n) is 4.31. The number of halogens is 1. The van der Waals surface area contributed by atoms with Gasteiger partial charge in [0.25, 0.3) is 0 Å².